The fourth-order valence-corrected chi connectivity index (χ4v) is 7.64. The van der Waals surface area contributed by atoms with Gasteiger partial charge < -0.3 is 24.7 Å². The molecule has 6 rings (SSSR count). The van der Waals surface area contributed by atoms with E-state index < -0.39 is 59.5 Å². The molecule has 41 heavy (non-hydrogen) atoms. The second-order valence-corrected chi connectivity index (χ2v) is 11.7. The third-order valence-corrected chi connectivity index (χ3v) is 9.57. The van der Waals surface area contributed by atoms with Crippen molar-refractivity contribution in [3.05, 3.63) is 91.0 Å². The lowest BCUT2D eigenvalue weighted by molar-refractivity contribution is -0.157. The van der Waals surface area contributed by atoms with E-state index in [1.807, 2.05) is 55.5 Å². The lowest BCUT2D eigenvalue weighted by Crippen LogP contribution is -2.57. The van der Waals surface area contributed by atoms with Crippen molar-refractivity contribution in [2.45, 2.75) is 43.6 Å². The first-order valence-electron chi connectivity index (χ1n) is 14.0. The summed E-state index contributed by atoms with van der Waals surface area (Å²) in [6, 6.07) is 20.6. The van der Waals surface area contributed by atoms with Gasteiger partial charge in [0.25, 0.3) is 5.91 Å². The molecule has 3 aromatic carbocycles. The Kier molecular flexibility index (Phi) is 6.51. The summed E-state index contributed by atoms with van der Waals surface area (Å²) in [5, 5.41) is 23.0. The summed E-state index contributed by atoms with van der Waals surface area (Å²) in [6.07, 6.45) is 1.98. The molecule has 1 spiro atoms. The molecule has 2 amide bonds. The van der Waals surface area contributed by atoms with Crippen molar-refractivity contribution in [2.24, 2.45) is 17.8 Å². The molecule has 0 saturated carbocycles. The number of anilines is 1. The number of aliphatic carboxylic acids is 1. The quantitative estimate of drug-likeness (QED) is 0.405. The van der Waals surface area contributed by atoms with Crippen LogP contribution in [-0.4, -0.2) is 63.3 Å². The van der Waals surface area contributed by atoms with Gasteiger partial charge in [0, 0.05) is 12.2 Å². The number of carbonyl (C=O) groups excluding carboxylic acids is 2. The zero-order valence-corrected chi connectivity index (χ0v) is 23.1. The summed E-state index contributed by atoms with van der Waals surface area (Å²) >= 11 is 0. The first-order chi connectivity index (χ1) is 19.7. The first-order valence-corrected chi connectivity index (χ1v) is 14.0. The smallest absolute Gasteiger partial charge is 0.310 e. The fraction of sp³-hybridized carbons (Fsp3) is 0.364. The van der Waals surface area contributed by atoms with E-state index in [2.05, 4.69) is 6.58 Å². The van der Waals surface area contributed by atoms with E-state index in [-0.39, 0.29) is 12.5 Å². The Balaban J connectivity index is 1.53. The summed E-state index contributed by atoms with van der Waals surface area (Å²) < 4.78 is 6.66. The normalized spacial score (nSPS) is 30.8. The Morgan fingerprint density at radius 2 is 1.80 bits per heavy atom. The molecule has 3 saturated heterocycles. The molecule has 7 atom stereocenters. The van der Waals surface area contributed by atoms with Gasteiger partial charge in [0.15, 0.2) is 0 Å². The molecule has 212 valence electrons. The lowest BCUT2D eigenvalue weighted by atomic mass is 9.62. The number of nitrogens with zero attached hydrogens (tertiary/aromatic N) is 2. The Morgan fingerprint density at radius 1 is 1.12 bits per heavy atom. The number of hydrogen-bond acceptors (Lipinski definition) is 5. The van der Waals surface area contributed by atoms with Crippen LogP contribution in [-0.2, 0) is 19.1 Å². The molecule has 3 unspecified atom stereocenters. The molecule has 0 radical (unpaired) electrons. The van der Waals surface area contributed by atoms with Crippen LogP contribution in [0.25, 0.3) is 10.8 Å². The Bertz CT molecular complexity index is 1540. The number of benzene rings is 3. The Morgan fingerprint density at radius 3 is 2.46 bits per heavy atom. The van der Waals surface area contributed by atoms with Crippen LogP contribution in [0.15, 0.2) is 85.5 Å². The third-order valence-electron chi connectivity index (χ3n) is 9.57. The highest BCUT2D eigenvalue weighted by Gasteiger charge is 2.80. The van der Waals surface area contributed by atoms with Gasteiger partial charge >= 0.3 is 5.97 Å². The second kappa shape index (κ2) is 9.82. The second-order valence-electron chi connectivity index (χ2n) is 11.7. The summed E-state index contributed by atoms with van der Waals surface area (Å²) in [7, 11) is 0. The number of hydrogen-bond donors (Lipinski definition) is 2. The molecule has 3 heterocycles. The van der Waals surface area contributed by atoms with E-state index >= 15 is 0 Å². The van der Waals surface area contributed by atoms with Crippen LogP contribution in [0.5, 0.6) is 0 Å². The number of carboxylic acid groups (broad SMARTS) is 1. The van der Waals surface area contributed by atoms with E-state index in [0.29, 0.717) is 17.7 Å². The van der Waals surface area contributed by atoms with Crippen LogP contribution in [0, 0.1) is 17.8 Å². The van der Waals surface area contributed by atoms with E-state index in [9.17, 15) is 24.6 Å². The van der Waals surface area contributed by atoms with Crippen molar-refractivity contribution >= 4 is 34.2 Å². The van der Waals surface area contributed by atoms with Crippen LogP contribution >= 0.6 is 0 Å². The average molecular weight is 555 g/mol. The largest absolute Gasteiger partial charge is 0.481 e. The molecular weight excluding hydrogens is 520 g/mol. The number of rotatable bonds is 8. The van der Waals surface area contributed by atoms with Crippen LogP contribution < -0.4 is 4.90 Å². The minimum atomic E-state index is -1.36. The maximum absolute atomic E-state index is 14.9. The molecule has 2 N–H and O–H groups in total. The maximum atomic E-state index is 14.9. The molecule has 3 aliphatic heterocycles. The van der Waals surface area contributed by atoms with Gasteiger partial charge in [0.05, 0.1) is 24.2 Å². The van der Waals surface area contributed by atoms with Gasteiger partial charge in [-0.3, -0.25) is 14.4 Å². The third kappa shape index (κ3) is 3.85. The SMILES string of the molecule is C=CCN(C(=O)C1N([C@H](CO)c2ccccc2)C(=O)[C@@H]2[C@H](C(=O)O)[C@@]3(C)OC12CC3C)c1ccc2ccccc2c1. The van der Waals surface area contributed by atoms with Gasteiger partial charge in [-0.2, -0.15) is 0 Å². The van der Waals surface area contributed by atoms with Gasteiger partial charge in [-0.1, -0.05) is 73.7 Å². The molecule has 2 bridgehead atoms. The zero-order chi connectivity index (χ0) is 29.1. The molecule has 0 aliphatic carbocycles. The topological polar surface area (TPSA) is 107 Å². The molecule has 8 heteroatoms. The van der Waals surface area contributed by atoms with E-state index in [1.54, 1.807) is 42.2 Å². The molecule has 8 nitrogen and oxygen atoms in total. The molecule has 3 aromatic rings. The first kappa shape index (κ1) is 27.2. The molecule has 0 aromatic heterocycles. The number of amides is 2. The average Bonchev–Trinajstić information content (AvgIpc) is 3.49. The number of carbonyl (C=O) groups is 3. The fourth-order valence-electron chi connectivity index (χ4n) is 7.64. The van der Waals surface area contributed by atoms with E-state index in [0.717, 1.165) is 10.8 Å². The number of carboxylic acids is 1. The van der Waals surface area contributed by atoms with Crippen molar-refractivity contribution in [3.8, 4) is 0 Å². The van der Waals surface area contributed by atoms with Gasteiger partial charge in [0.2, 0.25) is 5.91 Å². The summed E-state index contributed by atoms with van der Waals surface area (Å²) in [4.78, 5) is 44.9. The van der Waals surface area contributed by atoms with Crippen LogP contribution in [0.2, 0.25) is 0 Å². The monoisotopic (exact) mass is 554 g/mol. The summed E-state index contributed by atoms with van der Waals surface area (Å²) in [6.45, 7) is 7.27. The van der Waals surface area contributed by atoms with Gasteiger partial charge in [-0.05, 0) is 47.7 Å². The van der Waals surface area contributed by atoms with E-state index in [1.165, 1.54) is 4.90 Å². The predicted octanol–water partition coefficient (Wildman–Crippen LogP) is 4.19. The van der Waals surface area contributed by atoms with Crippen molar-refractivity contribution < 1.29 is 29.3 Å². The highest BCUT2D eigenvalue weighted by molar-refractivity contribution is 6.05. The maximum Gasteiger partial charge on any atom is 0.310 e. The van der Waals surface area contributed by atoms with Gasteiger partial charge in [0.1, 0.15) is 17.6 Å². The van der Waals surface area contributed by atoms with Crippen molar-refractivity contribution in [3.63, 3.8) is 0 Å². The zero-order valence-electron chi connectivity index (χ0n) is 23.1. The van der Waals surface area contributed by atoms with Gasteiger partial charge in [-0.15, -0.1) is 6.58 Å². The highest BCUT2D eigenvalue weighted by atomic mass is 16.5. The number of ether oxygens (including phenoxy) is 1. The molecule has 3 fully saturated rings. The summed E-state index contributed by atoms with van der Waals surface area (Å²) in [5.41, 5.74) is -1.18. The number of aliphatic hydroxyl groups excluding tert-OH is 1. The molecular formula is C33H34N2O6. The van der Waals surface area contributed by atoms with Crippen LogP contribution in [0.4, 0.5) is 5.69 Å². The van der Waals surface area contributed by atoms with E-state index in [4.69, 9.17) is 4.74 Å². The Labute approximate surface area is 238 Å². The lowest BCUT2D eigenvalue weighted by Gasteiger charge is -2.39. The van der Waals surface area contributed by atoms with Gasteiger partial charge in [-0.25, -0.2) is 0 Å². The summed E-state index contributed by atoms with van der Waals surface area (Å²) in [5.74, 6) is -4.39. The van der Waals surface area contributed by atoms with Crippen molar-refractivity contribution in [1.29, 1.82) is 0 Å². The van der Waals surface area contributed by atoms with Crippen LogP contribution in [0.1, 0.15) is 31.9 Å². The minimum absolute atomic E-state index is 0.167. The minimum Gasteiger partial charge on any atom is -0.481 e. The molecule has 3 aliphatic rings. The van der Waals surface area contributed by atoms with Crippen LogP contribution in [0.3, 0.4) is 0 Å². The van der Waals surface area contributed by atoms with Crippen molar-refractivity contribution in [2.75, 3.05) is 18.1 Å². The number of likely N-dealkylation sites (tertiary alicyclic amines) is 1. The van der Waals surface area contributed by atoms with Crippen molar-refractivity contribution in [1.82, 2.24) is 4.90 Å². The Hall–Kier alpha value is -4.01. The number of aliphatic hydroxyl groups is 1. The highest BCUT2D eigenvalue weighted by Crippen LogP contribution is 2.66. The number of fused-ring (bicyclic) bond motifs is 2. The standard InChI is InChI=1S/C33H34N2O6/c1-4-16-34(24-15-14-21-10-8-9-13-23(21)17-24)30(38)28-33-18-20(2)32(3,41-33)27(31(39)40)26(33)29(37)35(28)25(19-36)22-11-6-5-7-12-22/h4-15,17,20,25-28,36H,1,16,18-19H2,2-3H3,(H,39,40)/t20?,25-,26+,27-,28?,32+,33?/m1/s1. The predicted molar refractivity (Wildman–Crippen MR) is 154 cm³/mol.